The summed E-state index contributed by atoms with van der Waals surface area (Å²) in [4.78, 5) is 18.8. The lowest BCUT2D eigenvalue weighted by molar-refractivity contribution is 0.0786. The van der Waals surface area contributed by atoms with Gasteiger partial charge in [-0.2, -0.15) is 0 Å². The first-order valence-corrected chi connectivity index (χ1v) is 7.79. The second-order valence-corrected chi connectivity index (χ2v) is 5.98. The Morgan fingerprint density at radius 2 is 1.82 bits per heavy atom. The number of amides is 1. The number of para-hydroxylation sites is 1. The van der Waals surface area contributed by atoms with Crippen LogP contribution in [0, 0.1) is 0 Å². The van der Waals surface area contributed by atoms with E-state index in [0.29, 0.717) is 12.1 Å². The number of carbonyl (C=O) groups is 1. The Kier molecular flexibility index (Phi) is 4.20. The molecule has 3 rings (SSSR count). The number of carbonyl (C=O) groups excluding carboxylic acids is 1. The Balaban J connectivity index is 1.91. The van der Waals surface area contributed by atoms with Gasteiger partial charge in [0.15, 0.2) is 0 Å². The fourth-order valence-electron chi connectivity index (χ4n) is 2.44. The van der Waals surface area contributed by atoms with E-state index in [4.69, 9.17) is 0 Å². The molecule has 1 heterocycles. The average molecular weight is 355 g/mol. The molecular weight excluding hydrogens is 340 g/mol. The van der Waals surface area contributed by atoms with Crippen molar-refractivity contribution in [3.8, 4) is 0 Å². The van der Waals surface area contributed by atoms with Crippen molar-refractivity contribution in [1.29, 1.82) is 0 Å². The summed E-state index contributed by atoms with van der Waals surface area (Å²) in [6.45, 7) is 0.552. The van der Waals surface area contributed by atoms with E-state index in [1.807, 2.05) is 55.6 Å². The minimum Gasteiger partial charge on any atom is -0.337 e. The quantitative estimate of drug-likeness (QED) is 0.703. The van der Waals surface area contributed by atoms with Gasteiger partial charge in [-0.3, -0.25) is 9.78 Å². The largest absolute Gasteiger partial charge is 0.337 e. The molecule has 0 aliphatic heterocycles. The third kappa shape index (κ3) is 2.88. The molecule has 0 bridgehead atoms. The van der Waals surface area contributed by atoms with Crippen molar-refractivity contribution < 1.29 is 4.79 Å². The maximum absolute atomic E-state index is 12.8. The highest BCUT2D eigenvalue weighted by Crippen LogP contribution is 2.21. The van der Waals surface area contributed by atoms with E-state index in [1.54, 1.807) is 17.2 Å². The first-order valence-electron chi connectivity index (χ1n) is 6.99. The Bertz CT molecular complexity index is 827. The van der Waals surface area contributed by atoms with Gasteiger partial charge in [0.05, 0.1) is 11.1 Å². The van der Waals surface area contributed by atoms with Crippen LogP contribution in [0.15, 0.2) is 65.3 Å². The van der Waals surface area contributed by atoms with Crippen LogP contribution >= 0.6 is 15.9 Å². The summed E-state index contributed by atoms with van der Waals surface area (Å²) in [7, 11) is 1.82. The fourth-order valence-corrected chi connectivity index (χ4v) is 2.85. The van der Waals surface area contributed by atoms with Crippen LogP contribution in [0.3, 0.4) is 0 Å². The molecule has 3 aromatic rings. The van der Waals surface area contributed by atoms with Gasteiger partial charge in [0, 0.05) is 29.6 Å². The molecule has 0 fully saturated rings. The number of pyridine rings is 1. The van der Waals surface area contributed by atoms with Crippen molar-refractivity contribution >= 4 is 32.7 Å². The van der Waals surface area contributed by atoms with Crippen molar-refractivity contribution in [2.45, 2.75) is 6.54 Å². The van der Waals surface area contributed by atoms with Gasteiger partial charge in [-0.05, 0) is 23.8 Å². The molecule has 4 heteroatoms. The summed E-state index contributed by atoms with van der Waals surface area (Å²) in [6.07, 6.45) is 1.68. The minimum atomic E-state index is -0.00523. The van der Waals surface area contributed by atoms with Gasteiger partial charge in [-0.25, -0.2) is 0 Å². The van der Waals surface area contributed by atoms with Gasteiger partial charge in [0.2, 0.25) is 0 Å². The summed E-state index contributed by atoms with van der Waals surface area (Å²) >= 11 is 3.52. The van der Waals surface area contributed by atoms with Gasteiger partial charge >= 0.3 is 0 Å². The first-order chi connectivity index (χ1) is 10.7. The second-order valence-electron chi connectivity index (χ2n) is 5.13. The highest BCUT2D eigenvalue weighted by molar-refractivity contribution is 9.10. The van der Waals surface area contributed by atoms with E-state index in [1.165, 1.54) is 0 Å². The number of fused-ring (bicyclic) bond motifs is 1. The zero-order valence-electron chi connectivity index (χ0n) is 12.2. The smallest absolute Gasteiger partial charge is 0.254 e. The molecule has 0 saturated heterocycles. The number of halogens is 1. The number of benzene rings is 2. The summed E-state index contributed by atoms with van der Waals surface area (Å²) < 4.78 is 1.01. The number of hydrogen-bond acceptors (Lipinski definition) is 2. The zero-order chi connectivity index (χ0) is 15.5. The van der Waals surface area contributed by atoms with Crippen LogP contribution in [0.25, 0.3) is 10.9 Å². The van der Waals surface area contributed by atoms with Crippen molar-refractivity contribution in [3.05, 3.63) is 76.4 Å². The van der Waals surface area contributed by atoms with Gasteiger partial charge in [-0.15, -0.1) is 0 Å². The van der Waals surface area contributed by atoms with Crippen molar-refractivity contribution in [3.63, 3.8) is 0 Å². The highest BCUT2D eigenvalue weighted by atomic mass is 79.9. The molecule has 0 saturated carbocycles. The topological polar surface area (TPSA) is 33.2 Å². The van der Waals surface area contributed by atoms with Crippen LogP contribution in [0.1, 0.15) is 15.9 Å². The van der Waals surface area contributed by atoms with E-state index in [0.717, 1.165) is 20.9 Å². The lowest BCUT2D eigenvalue weighted by atomic mass is 10.1. The van der Waals surface area contributed by atoms with Crippen LogP contribution in [0.5, 0.6) is 0 Å². The molecule has 0 N–H and O–H groups in total. The Hall–Kier alpha value is -2.20. The molecule has 110 valence electrons. The van der Waals surface area contributed by atoms with E-state index >= 15 is 0 Å². The molecule has 2 aromatic carbocycles. The Morgan fingerprint density at radius 3 is 2.64 bits per heavy atom. The predicted octanol–water partition coefficient (Wildman–Crippen LogP) is 4.27. The number of nitrogens with zero attached hydrogens (tertiary/aromatic N) is 2. The minimum absolute atomic E-state index is 0.00523. The number of aromatic nitrogens is 1. The molecule has 22 heavy (non-hydrogen) atoms. The molecule has 3 nitrogen and oxygen atoms in total. The normalized spacial score (nSPS) is 10.6. The van der Waals surface area contributed by atoms with Gasteiger partial charge in [0.25, 0.3) is 5.91 Å². The van der Waals surface area contributed by atoms with Crippen molar-refractivity contribution in [2.75, 3.05) is 7.05 Å². The van der Waals surface area contributed by atoms with Crippen molar-refractivity contribution in [2.24, 2.45) is 0 Å². The summed E-state index contributed by atoms with van der Waals surface area (Å²) in [5.41, 5.74) is 2.60. The lowest BCUT2D eigenvalue weighted by Crippen LogP contribution is -2.26. The maximum Gasteiger partial charge on any atom is 0.254 e. The Labute approximate surface area is 137 Å². The molecule has 0 radical (unpaired) electrons. The van der Waals surface area contributed by atoms with E-state index < -0.39 is 0 Å². The second kappa shape index (κ2) is 6.28. The molecule has 0 spiro atoms. The van der Waals surface area contributed by atoms with Crippen LogP contribution in [0.2, 0.25) is 0 Å². The molecule has 0 unspecified atom stereocenters. The first kappa shape index (κ1) is 14.7. The highest BCUT2D eigenvalue weighted by Gasteiger charge is 2.15. The van der Waals surface area contributed by atoms with Crippen molar-refractivity contribution in [1.82, 2.24) is 9.88 Å². The fraction of sp³-hybridized carbons (Fsp3) is 0.111. The lowest BCUT2D eigenvalue weighted by Gasteiger charge is -2.19. The van der Waals surface area contributed by atoms with Gasteiger partial charge in [0.1, 0.15) is 0 Å². The standard InChI is InChI=1S/C18H15BrN2O/c1-21(12-13-6-2-4-8-16(13)19)18(22)15-10-11-20-17-9-5-3-7-14(15)17/h2-11H,12H2,1H3. The van der Waals surface area contributed by atoms with Crippen LogP contribution in [-0.2, 0) is 6.54 Å². The van der Waals surface area contributed by atoms with Gasteiger partial charge in [-0.1, -0.05) is 52.3 Å². The Morgan fingerprint density at radius 1 is 1.09 bits per heavy atom. The van der Waals surface area contributed by atoms with Gasteiger partial charge < -0.3 is 4.90 Å². The monoisotopic (exact) mass is 354 g/mol. The molecule has 0 aliphatic rings. The van der Waals surface area contributed by atoms with E-state index in [9.17, 15) is 4.79 Å². The van der Waals surface area contributed by atoms with Crippen LogP contribution in [0.4, 0.5) is 0 Å². The number of hydrogen-bond donors (Lipinski definition) is 0. The molecule has 1 amide bonds. The molecule has 0 aliphatic carbocycles. The molecule has 1 aromatic heterocycles. The van der Waals surface area contributed by atoms with Crippen LogP contribution in [-0.4, -0.2) is 22.8 Å². The zero-order valence-corrected chi connectivity index (χ0v) is 13.7. The third-order valence-electron chi connectivity index (χ3n) is 3.59. The maximum atomic E-state index is 12.8. The summed E-state index contributed by atoms with van der Waals surface area (Å²) in [5.74, 6) is -0.00523. The summed E-state index contributed by atoms with van der Waals surface area (Å²) in [6, 6.07) is 17.4. The predicted molar refractivity (Wildman–Crippen MR) is 91.7 cm³/mol. The average Bonchev–Trinajstić information content (AvgIpc) is 2.55. The van der Waals surface area contributed by atoms with E-state index in [-0.39, 0.29) is 5.91 Å². The third-order valence-corrected chi connectivity index (χ3v) is 4.37. The molecule has 0 atom stereocenters. The van der Waals surface area contributed by atoms with Crippen LogP contribution < -0.4 is 0 Å². The number of rotatable bonds is 3. The molecular formula is C18H15BrN2O. The SMILES string of the molecule is CN(Cc1ccccc1Br)C(=O)c1ccnc2ccccc12. The summed E-state index contributed by atoms with van der Waals surface area (Å²) in [5, 5.41) is 0.883. The van der Waals surface area contributed by atoms with E-state index in [2.05, 4.69) is 20.9 Å².